The number of primary amides is 1. The maximum atomic E-state index is 10.6. The van der Waals surface area contributed by atoms with Crippen molar-refractivity contribution >= 4 is 5.91 Å². The summed E-state index contributed by atoms with van der Waals surface area (Å²) in [6.07, 6.45) is 0.915. The van der Waals surface area contributed by atoms with Crippen LogP contribution in [0.25, 0.3) is 0 Å². The fourth-order valence-corrected chi connectivity index (χ4v) is 0.976. The third kappa shape index (κ3) is 9.65. The Bertz CT molecular complexity index is 174. The van der Waals surface area contributed by atoms with Gasteiger partial charge in [0.2, 0.25) is 5.91 Å². The summed E-state index contributed by atoms with van der Waals surface area (Å²) < 4.78 is 5.39. The summed E-state index contributed by atoms with van der Waals surface area (Å²) in [4.78, 5) is 10.6. The second-order valence-electron chi connectivity index (χ2n) is 4.04. The second kappa shape index (κ2) is 8.64. The minimum Gasteiger partial charge on any atom is -0.381 e. The lowest BCUT2D eigenvalue weighted by Crippen LogP contribution is -2.44. The van der Waals surface area contributed by atoms with Crippen molar-refractivity contribution in [3.05, 3.63) is 0 Å². The number of nitrogens with one attached hydrogen (secondary N) is 1. The number of nitrogens with two attached hydrogens (primary N) is 2. The summed E-state index contributed by atoms with van der Waals surface area (Å²) in [5, 5.41) is 3.05. The Labute approximate surface area is 91.5 Å². The van der Waals surface area contributed by atoms with Gasteiger partial charge in [-0.2, -0.15) is 0 Å². The maximum absolute atomic E-state index is 10.6. The zero-order valence-electron chi connectivity index (χ0n) is 9.66. The predicted molar refractivity (Wildman–Crippen MR) is 60.3 cm³/mol. The van der Waals surface area contributed by atoms with E-state index in [1.54, 1.807) is 0 Å². The number of hydrogen-bond donors (Lipinski definition) is 3. The lowest BCUT2D eigenvalue weighted by Gasteiger charge is -2.09. The number of amides is 1. The molecule has 0 aliphatic carbocycles. The van der Waals surface area contributed by atoms with Crippen LogP contribution < -0.4 is 16.8 Å². The van der Waals surface area contributed by atoms with E-state index in [2.05, 4.69) is 19.2 Å². The van der Waals surface area contributed by atoms with Gasteiger partial charge >= 0.3 is 0 Å². The Balaban J connectivity index is 3.15. The van der Waals surface area contributed by atoms with E-state index in [1.165, 1.54) is 0 Å². The molecule has 1 unspecified atom stereocenters. The third-order valence-corrected chi connectivity index (χ3v) is 1.82. The minimum absolute atomic E-state index is 0.430. The number of ether oxygens (including phenoxy) is 1. The molecule has 5 heteroatoms. The zero-order valence-corrected chi connectivity index (χ0v) is 9.66. The molecule has 0 aliphatic heterocycles. The molecule has 0 aliphatic rings. The van der Waals surface area contributed by atoms with E-state index in [0.717, 1.165) is 26.2 Å². The molecule has 0 heterocycles. The lowest BCUT2D eigenvalue weighted by molar-refractivity contribution is -0.119. The van der Waals surface area contributed by atoms with Crippen LogP contribution in [-0.2, 0) is 9.53 Å². The molecule has 5 nitrogen and oxygen atoms in total. The highest BCUT2D eigenvalue weighted by Crippen LogP contribution is 1.92. The van der Waals surface area contributed by atoms with Crippen molar-refractivity contribution in [1.82, 2.24) is 5.32 Å². The van der Waals surface area contributed by atoms with Gasteiger partial charge in [-0.15, -0.1) is 0 Å². The quantitative estimate of drug-likeness (QED) is 0.452. The fraction of sp³-hybridized carbons (Fsp3) is 0.900. The van der Waals surface area contributed by atoms with Crippen LogP contribution >= 0.6 is 0 Å². The van der Waals surface area contributed by atoms with Crippen LogP contribution in [0.2, 0.25) is 0 Å². The number of hydrogen-bond acceptors (Lipinski definition) is 4. The summed E-state index contributed by atoms with van der Waals surface area (Å²) in [7, 11) is 0. The Morgan fingerprint density at radius 2 is 2.13 bits per heavy atom. The van der Waals surface area contributed by atoms with Crippen molar-refractivity contribution in [3.63, 3.8) is 0 Å². The molecular weight excluding hydrogens is 194 g/mol. The predicted octanol–water partition coefficient (Wildman–Crippen LogP) is -0.549. The summed E-state index contributed by atoms with van der Waals surface area (Å²) in [5.41, 5.74) is 10.4. The van der Waals surface area contributed by atoms with Gasteiger partial charge in [-0.05, 0) is 18.9 Å². The zero-order chi connectivity index (χ0) is 11.7. The van der Waals surface area contributed by atoms with E-state index in [0.29, 0.717) is 12.5 Å². The van der Waals surface area contributed by atoms with Crippen LogP contribution in [0.5, 0.6) is 0 Å². The monoisotopic (exact) mass is 217 g/mol. The van der Waals surface area contributed by atoms with E-state index in [9.17, 15) is 4.79 Å². The Morgan fingerprint density at radius 1 is 1.47 bits per heavy atom. The first-order valence-electron chi connectivity index (χ1n) is 5.37. The van der Waals surface area contributed by atoms with Crippen LogP contribution in [0, 0.1) is 5.92 Å². The van der Waals surface area contributed by atoms with Crippen LogP contribution in [-0.4, -0.2) is 38.3 Å². The number of rotatable bonds is 9. The molecule has 0 spiro atoms. The van der Waals surface area contributed by atoms with Crippen LogP contribution in [0.1, 0.15) is 20.3 Å². The van der Waals surface area contributed by atoms with Gasteiger partial charge in [-0.25, -0.2) is 0 Å². The lowest BCUT2D eigenvalue weighted by atomic mass is 10.2. The van der Waals surface area contributed by atoms with Crippen molar-refractivity contribution in [2.75, 3.05) is 26.3 Å². The van der Waals surface area contributed by atoms with E-state index in [4.69, 9.17) is 16.2 Å². The van der Waals surface area contributed by atoms with Gasteiger partial charge in [-0.3, -0.25) is 4.79 Å². The molecule has 1 atom stereocenters. The molecule has 0 aromatic carbocycles. The van der Waals surface area contributed by atoms with E-state index in [-0.39, 0.29) is 0 Å². The van der Waals surface area contributed by atoms with Gasteiger partial charge in [0.25, 0.3) is 0 Å². The van der Waals surface area contributed by atoms with Gasteiger partial charge in [-0.1, -0.05) is 13.8 Å². The highest BCUT2D eigenvalue weighted by molar-refractivity contribution is 5.79. The highest BCUT2D eigenvalue weighted by Gasteiger charge is 2.06. The Morgan fingerprint density at radius 3 is 2.67 bits per heavy atom. The highest BCUT2D eigenvalue weighted by atomic mass is 16.5. The van der Waals surface area contributed by atoms with Crippen LogP contribution in [0.15, 0.2) is 0 Å². The Kier molecular flexibility index (Phi) is 8.27. The first kappa shape index (κ1) is 14.3. The average Bonchev–Trinajstić information content (AvgIpc) is 2.15. The second-order valence-corrected chi connectivity index (χ2v) is 4.04. The molecule has 90 valence electrons. The summed E-state index contributed by atoms with van der Waals surface area (Å²) >= 11 is 0. The van der Waals surface area contributed by atoms with Gasteiger partial charge in [0.05, 0.1) is 6.04 Å². The van der Waals surface area contributed by atoms with E-state index in [1.807, 2.05) is 0 Å². The molecule has 0 saturated carbocycles. The summed E-state index contributed by atoms with van der Waals surface area (Å²) in [6.45, 7) is 6.98. The molecular formula is C10H23N3O2. The minimum atomic E-state index is -0.596. The topological polar surface area (TPSA) is 90.4 Å². The standard InChI is InChI=1S/C10H23N3O2/c1-8(2)7-15-5-3-4-13-6-9(11)10(12)14/h8-9,13H,3-7,11H2,1-2H3,(H2,12,14). The molecule has 0 aromatic heterocycles. The summed E-state index contributed by atoms with van der Waals surface area (Å²) in [5.74, 6) is 0.0970. The third-order valence-electron chi connectivity index (χ3n) is 1.82. The van der Waals surface area contributed by atoms with Crippen LogP contribution in [0.4, 0.5) is 0 Å². The molecule has 0 rings (SSSR count). The average molecular weight is 217 g/mol. The first-order chi connectivity index (χ1) is 7.04. The molecule has 0 radical (unpaired) electrons. The van der Waals surface area contributed by atoms with Gasteiger partial charge in [0.15, 0.2) is 0 Å². The van der Waals surface area contributed by atoms with Gasteiger partial charge in [0, 0.05) is 19.8 Å². The SMILES string of the molecule is CC(C)COCCCNCC(N)C(N)=O. The maximum Gasteiger partial charge on any atom is 0.235 e. The largest absolute Gasteiger partial charge is 0.381 e. The molecule has 1 amide bonds. The number of carbonyl (C=O) groups excluding carboxylic acids is 1. The number of carbonyl (C=O) groups is 1. The van der Waals surface area contributed by atoms with Gasteiger partial charge < -0.3 is 21.5 Å². The normalized spacial score (nSPS) is 13.1. The molecule has 0 aromatic rings. The van der Waals surface area contributed by atoms with E-state index >= 15 is 0 Å². The first-order valence-corrected chi connectivity index (χ1v) is 5.37. The summed E-state index contributed by atoms with van der Waals surface area (Å²) in [6, 6.07) is -0.596. The van der Waals surface area contributed by atoms with Crippen molar-refractivity contribution < 1.29 is 9.53 Å². The van der Waals surface area contributed by atoms with Crippen LogP contribution in [0.3, 0.4) is 0 Å². The molecule has 0 fully saturated rings. The molecule has 15 heavy (non-hydrogen) atoms. The van der Waals surface area contributed by atoms with Crippen molar-refractivity contribution in [1.29, 1.82) is 0 Å². The molecule has 0 bridgehead atoms. The van der Waals surface area contributed by atoms with Crippen molar-refractivity contribution in [3.8, 4) is 0 Å². The van der Waals surface area contributed by atoms with Gasteiger partial charge in [0.1, 0.15) is 0 Å². The fourth-order valence-electron chi connectivity index (χ4n) is 0.976. The molecule has 5 N–H and O–H groups in total. The van der Waals surface area contributed by atoms with E-state index < -0.39 is 11.9 Å². The Hall–Kier alpha value is -0.650. The van der Waals surface area contributed by atoms with Crippen molar-refractivity contribution in [2.24, 2.45) is 17.4 Å². The van der Waals surface area contributed by atoms with Crippen molar-refractivity contribution in [2.45, 2.75) is 26.3 Å². The molecule has 0 saturated heterocycles. The smallest absolute Gasteiger partial charge is 0.235 e.